The molecular formula is C17H34N2O. The molecular weight excluding hydrogens is 248 g/mol. The minimum absolute atomic E-state index is 0.183. The van der Waals surface area contributed by atoms with E-state index in [0.29, 0.717) is 12.6 Å². The zero-order chi connectivity index (χ0) is 14.6. The normalized spacial score (nSPS) is 18.5. The van der Waals surface area contributed by atoms with Gasteiger partial charge in [-0.15, -0.1) is 0 Å². The molecule has 118 valence electrons. The van der Waals surface area contributed by atoms with Crippen LogP contribution in [0, 0.1) is 5.92 Å². The lowest BCUT2D eigenvalue weighted by Crippen LogP contribution is -2.41. The Morgan fingerprint density at radius 2 is 1.85 bits per heavy atom. The monoisotopic (exact) mass is 282 g/mol. The Bertz CT molecular complexity index is 247. The number of unbranched alkanes of at least 4 members (excludes halogenated alkanes) is 1. The van der Waals surface area contributed by atoms with E-state index in [1.807, 2.05) is 0 Å². The molecule has 0 aromatic rings. The summed E-state index contributed by atoms with van der Waals surface area (Å²) in [4.78, 5) is 11.9. The number of carbonyl (C=O) groups is 1. The van der Waals surface area contributed by atoms with Gasteiger partial charge in [-0.05, 0) is 31.7 Å². The predicted octanol–water partition coefficient (Wildman–Crippen LogP) is 3.63. The molecule has 1 rings (SSSR count). The summed E-state index contributed by atoms with van der Waals surface area (Å²) in [6.45, 7) is 5.95. The maximum Gasteiger partial charge on any atom is 0.234 e. The topological polar surface area (TPSA) is 41.1 Å². The molecule has 0 saturated heterocycles. The fourth-order valence-electron chi connectivity index (χ4n) is 3.04. The Morgan fingerprint density at radius 1 is 1.15 bits per heavy atom. The second-order valence-corrected chi connectivity index (χ2v) is 6.30. The van der Waals surface area contributed by atoms with Crippen molar-refractivity contribution in [1.29, 1.82) is 0 Å². The van der Waals surface area contributed by atoms with Gasteiger partial charge in [0, 0.05) is 6.04 Å². The molecule has 0 heterocycles. The van der Waals surface area contributed by atoms with E-state index < -0.39 is 0 Å². The van der Waals surface area contributed by atoms with Crippen molar-refractivity contribution >= 4 is 5.91 Å². The molecule has 0 radical (unpaired) electrons. The number of amides is 1. The highest BCUT2D eigenvalue weighted by atomic mass is 16.1. The smallest absolute Gasteiger partial charge is 0.234 e. The molecule has 0 aromatic heterocycles. The summed E-state index contributed by atoms with van der Waals surface area (Å²) < 4.78 is 0. The van der Waals surface area contributed by atoms with E-state index in [4.69, 9.17) is 0 Å². The Morgan fingerprint density at radius 3 is 2.45 bits per heavy atom. The van der Waals surface area contributed by atoms with Crippen LogP contribution in [0.3, 0.4) is 0 Å². The molecule has 1 atom stereocenters. The molecule has 1 fully saturated rings. The number of hydrogen-bond acceptors (Lipinski definition) is 2. The second kappa shape index (κ2) is 11.1. The Kier molecular flexibility index (Phi) is 9.73. The minimum Gasteiger partial charge on any atom is -0.352 e. The molecule has 1 saturated carbocycles. The average molecular weight is 282 g/mol. The van der Waals surface area contributed by atoms with Crippen LogP contribution in [0.1, 0.15) is 78.1 Å². The van der Waals surface area contributed by atoms with Crippen LogP contribution in [0.25, 0.3) is 0 Å². The van der Waals surface area contributed by atoms with Gasteiger partial charge in [0.25, 0.3) is 0 Å². The van der Waals surface area contributed by atoms with Crippen molar-refractivity contribution in [2.75, 3.05) is 13.1 Å². The van der Waals surface area contributed by atoms with Crippen molar-refractivity contribution in [3.8, 4) is 0 Å². The lowest BCUT2D eigenvalue weighted by Gasteiger charge is -2.18. The Balaban J connectivity index is 2.12. The van der Waals surface area contributed by atoms with E-state index in [-0.39, 0.29) is 5.91 Å². The first-order valence-corrected chi connectivity index (χ1v) is 8.76. The molecule has 0 aromatic carbocycles. The lowest BCUT2D eigenvalue weighted by atomic mass is 9.99. The SMILES string of the molecule is CCCCC(CC)CNCC(=O)NC1CCCCCC1. The third-order valence-electron chi connectivity index (χ3n) is 4.48. The minimum atomic E-state index is 0.183. The first-order chi connectivity index (χ1) is 9.76. The summed E-state index contributed by atoms with van der Waals surface area (Å²) in [6, 6.07) is 0.425. The standard InChI is InChI=1S/C17H34N2O/c1-3-5-10-15(4-2)13-18-14-17(20)19-16-11-8-6-7-9-12-16/h15-16,18H,3-14H2,1-2H3,(H,19,20). The summed E-state index contributed by atoms with van der Waals surface area (Å²) in [6.07, 6.45) is 12.6. The molecule has 0 spiro atoms. The van der Waals surface area contributed by atoms with Gasteiger partial charge in [-0.3, -0.25) is 4.79 Å². The van der Waals surface area contributed by atoms with E-state index >= 15 is 0 Å². The van der Waals surface area contributed by atoms with Gasteiger partial charge in [0.2, 0.25) is 5.91 Å². The summed E-state index contributed by atoms with van der Waals surface area (Å²) in [5.74, 6) is 0.905. The maximum absolute atomic E-state index is 11.9. The maximum atomic E-state index is 11.9. The van der Waals surface area contributed by atoms with Crippen LogP contribution in [0.4, 0.5) is 0 Å². The van der Waals surface area contributed by atoms with Crippen LogP contribution in [-0.4, -0.2) is 25.0 Å². The van der Waals surface area contributed by atoms with Crippen LogP contribution >= 0.6 is 0 Å². The molecule has 1 aliphatic carbocycles. The van der Waals surface area contributed by atoms with Crippen molar-refractivity contribution in [2.24, 2.45) is 5.92 Å². The number of nitrogens with one attached hydrogen (secondary N) is 2. The molecule has 1 amide bonds. The van der Waals surface area contributed by atoms with E-state index in [1.165, 1.54) is 64.2 Å². The third-order valence-corrected chi connectivity index (χ3v) is 4.48. The summed E-state index contributed by atoms with van der Waals surface area (Å²) >= 11 is 0. The van der Waals surface area contributed by atoms with Gasteiger partial charge < -0.3 is 10.6 Å². The zero-order valence-electron chi connectivity index (χ0n) is 13.5. The van der Waals surface area contributed by atoms with Gasteiger partial charge in [0.05, 0.1) is 6.54 Å². The van der Waals surface area contributed by atoms with Crippen LogP contribution in [0.2, 0.25) is 0 Å². The molecule has 3 heteroatoms. The van der Waals surface area contributed by atoms with Gasteiger partial charge in [-0.2, -0.15) is 0 Å². The summed E-state index contributed by atoms with van der Waals surface area (Å²) in [7, 11) is 0. The zero-order valence-corrected chi connectivity index (χ0v) is 13.5. The van der Waals surface area contributed by atoms with Gasteiger partial charge >= 0.3 is 0 Å². The first kappa shape index (κ1) is 17.5. The van der Waals surface area contributed by atoms with E-state index in [0.717, 1.165) is 12.5 Å². The molecule has 3 nitrogen and oxygen atoms in total. The van der Waals surface area contributed by atoms with Crippen molar-refractivity contribution in [3.05, 3.63) is 0 Å². The summed E-state index contributed by atoms with van der Waals surface area (Å²) in [5.41, 5.74) is 0. The Labute approximate surface area is 125 Å². The predicted molar refractivity (Wildman–Crippen MR) is 85.8 cm³/mol. The van der Waals surface area contributed by atoms with Crippen molar-refractivity contribution in [2.45, 2.75) is 84.1 Å². The van der Waals surface area contributed by atoms with Crippen LogP contribution in [-0.2, 0) is 4.79 Å². The molecule has 0 bridgehead atoms. The molecule has 2 N–H and O–H groups in total. The third kappa shape index (κ3) is 7.88. The van der Waals surface area contributed by atoms with Crippen molar-refractivity contribution in [1.82, 2.24) is 10.6 Å². The molecule has 0 aliphatic heterocycles. The van der Waals surface area contributed by atoms with Crippen LogP contribution < -0.4 is 10.6 Å². The lowest BCUT2D eigenvalue weighted by molar-refractivity contribution is -0.121. The molecule has 20 heavy (non-hydrogen) atoms. The van der Waals surface area contributed by atoms with Gasteiger partial charge in [0.1, 0.15) is 0 Å². The highest BCUT2D eigenvalue weighted by molar-refractivity contribution is 5.78. The number of hydrogen-bond donors (Lipinski definition) is 2. The highest BCUT2D eigenvalue weighted by Crippen LogP contribution is 2.17. The van der Waals surface area contributed by atoms with Gasteiger partial charge in [0.15, 0.2) is 0 Å². The van der Waals surface area contributed by atoms with Gasteiger partial charge in [-0.25, -0.2) is 0 Å². The summed E-state index contributed by atoms with van der Waals surface area (Å²) in [5, 5.41) is 6.53. The van der Waals surface area contributed by atoms with Crippen molar-refractivity contribution < 1.29 is 4.79 Å². The number of carbonyl (C=O) groups excluding carboxylic acids is 1. The first-order valence-electron chi connectivity index (χ1n) is 8.76. The molecule has 1 unspecified atom stereocenters. The Hall–Kier alpha value is -0.570. The van der Waals surface area contributed by atoms with Crippen molar-refractivity contribution in [3.63, 3.8) is 0 Å². The largest absolute Gasteiger partial charge is 0.352 e. The van der Waals surface area contributed by atoms with E-state index in [9.17, 15) is 4.79 Å². The van der Waals surface area contributed by atoms with Crippen LogP contribution in [0.5, 0.6) is 0 Å². The van der Waals surface area contributed by atoms with E-state index in [2.05, 4.69) is 24.5 Å². The second-order valence-electron chi connectivity index (χ2n) is 6.30. The quantitative estimate of drug-likeness (QED) is 0.634. The number of rotatable bonds is 9. The highest BCUT2D eigenvalue weighted by Gasteiger charge is 2.14. The van der Waals surface area contributed by atoms with Crippen LogP contribution in [0.15, 0.2) is 0 Å². The fourth-order valence-corrected chi connectivity index (χ4v) is 3.04. The van der Waals surface area contributed by atoms with E-state index in [1.54, 1.807) is 0 Å². The fraction of sp³-hybridized carbons (Fsp3) is 0.941. The van der Waals surface area contributed by atoms with Gasteiger partial charge in [-0.1, -0.05) is 58.8 Å². The molecule has 1 aliphatic rings. The average Bonchev–Trinajstić information content (AvgIpc) is 2.71.